The van der Waals surface area contributed by atoms with Gasteiger partial charge >= 0.3 is 5.97 Å². The van der Waals surface area contributed by atoms with E-state index in [0.717, 1.165) is 29.0 Å². The fourth-order valence-electron chi connectivity index (χ4n) is 2.76. The van der Waals surface area contributed by atoms with E-state index < -0.39 is 32.9 Å². The van der Waals surface area contributed by atoms with Gasteiger partial charge in [-0.2, -0.15) is 0 Å². The molecule has 122 valence electrons. The highest BCUT2D eigenvalue weighted by Crippen LogP contribution is 2.37. The first-order valence-electron chi connectivity index (χ1n) is 6.93. The molecule has 2 aromatic rings. The van der Waals surface area contributed by atoms with Gasteiger partial charge in [-0.1, -0.05) is 12.1 Å². The zero-order valence-electron chi connectivity index (χ0n) is 12.3. The topological polar surface area (TPSA) is 106 Å². The smallest absolute Gasteiger partial charge is 0.371 e. The van der Waals surface area contributed by atoms with E-state index >= 15 is 0 Å². The summed E-state index contributed by atoms with van der Waals surface area (Å²) in [4.78, 5) is 10.8. The number of sulfonamides is 1. The normalized spacial score (nSPS) is 17.0. The minimum atomic E-state index is -3.94. The summed E-state index contributed by atoms with van der Waals surface area (Å²) in [7, 11) is -2.37. The number of furan rings is 1. The molecule has 1 aromatic carbocycles. The average molecular weight is 337 g/mol. The van der Waals surface area contributed by atoms with Crippen molar-refractivity contribution in [3.8, 4) is 5.75 Å². The summed E-state index contributed by atoms with van der Waals surface area (Å²) >= 11 is 0. The van der Waals surface area contributed by atoms with Gasteiger partial charge in [0.15, 0.2) is 0 Å². The number of methoxy groups -OCH3 is 1. The Morgan fingerprint density at radius 3 is 2.78 bits per heavy atom. The minimum Gasteiger partial charge on any atom is -0.496 e. The van der Waals surface area contributed by atoms with Crippen LogP contribution < -0.4 is 9.46 Å². The zero-order valence-corrected chi connectivity index (χ0v) is 13.1. The monoisotopic (exact) mass is 337 g/mol. The van der Waals surface area contributed by atoms with Crippen molar-refractivity contribution in [1.82, 2.24) is 4.72 Å². The van der Waals surface area contributed by atoms with Gasteiger partial charge in [0.2, 0.25) is 10.9 Å². The molecule has 23 heavy (non-hydrogen) atoms. The molecule has 0 fully saturated rings. The van der Waals surface area contributed by atoms with Crippen molar-refractivity contribution in [1.29, 1.82) is 0 Å². The summed E-state index contributed by atoms with van der Waals surface area (Å²) in [6, 6.07) is 7.34. The Kier molecular flexibility index (Phi) is 3.87. The minimum absolute atomic E-state index is 0.400. The van der Waals surface area contributed by atoms with Gasteiger partial charge in [-0.15, -0.1) is 0 Å². The third-order valence-electron chi connectivity index (χ3n) is 3.80. The van der Waals surface area contributed by atoms with Crippen molar-refractivity contribution >= 4 is 16.0 Å². The molecule has 0 saturated heterocycles. The van der Waals surface area contributed by atoms with Crippen LogP contribution in [0.1, 0.15) is 34.1 Å². The van der Waals surface area contributed by atoms with Crippen LogP contribution >= 0.6 is 0 Å². The first-order valence-corrected chi connectivity index (χ1v) is 8.42. The fourth-order valence-corrected chi connectivity index (χ4v) is 3.94. The molecular formula is C15H15NO6S. The predicted molar refractivity (Wildman–Crippen MR) is 80.0 cm³/mol. The first-order chi connectivity index (χ1) is 10.9. The Balaban J connectivity index is 1.87. The fraction of sp³-hybridized carbons (Fsp3) is 0.267. The highest BCUT2D eigenvalue weighted by molar-refractivity contribution is 7.89. The molecule has 1 aliphatic rings. The molecule has 0 amide bonds. The number of fused-ring (bicyclic) bond motifs is 1. The molecule has 2 N–H and O–H groups in total. The summed E-state index contributed by atoms with van der Waals surface area (Å²) in [6.07, 6.45) is 1.30. The Bertz CT molecular complexity index is 855. The molecule has 3 rings (SSSR count). The van der Waals surface area contributed by atoms with Gasteiger partial charge in [-0.3, -0.25) is 0 Å². The molecule has 0 bridgehead atoms. The molecule has 0 spiro atoms. The van der Waals surface area contributed by atoms with Crippen LogP contribution in [0, 0.1) is 0 Å². The van der Waals surface area contributed by atoms with Crippen LogP contribution in [0.2, 0.25) is 0 Å². The van der Waals surface area contributed by atoms with Crippen molar-refractivity contribution in [2.24, 2.45) is 0 Å². The maximum atomic E-state index is 12.4. The Hall–Kier alpha value is -2.32. The SMILES string of the molecule is COc1cccc2c1CCC2NS(=O)(=O)c1ccc(C(=O)O)o1. The third-order valence-corrected chi connectivity index (χ3v) is 5.15. The third kappa shape index (κ3) is 2.82. The lowest BCUT2D eigenvalue weighted by Gasteiger charge is -2.14. The van der Waals surface area contributed by atoms with Crippen LogP contribution in [0.4, 0.5) is 0 Å². The van der Waals surface area contributed by atoms with Crippen LogP contribution in [0.3, 0.4) is 0 Å². The Morgan fingerprint density at radius 1 is 1.35 bits per heavy atom. The molecule has 1 unspecified atom stereocenters. The number of ether oxygens (including phenoxy) is 1. The van der Waals surface area contributed by atoms with Gasteiger partial charge in [0, 0.05) is 6.04 Å². The van der Waals surface area contributed by atoms with Gasteiger partial charge in [-0.25, -0.2) is 17.9 Å². The van der Waals surface area contributed by atoms with Gasteiger partial charge in [0.25, 0.3) is 10.0 Å². The largest absolute Gasteiger partial charge is 0.496 e. The van der Waals surface area contributed by atoms with Crippen LogP contribution in [0.5, 0.6) is 5.75 Å². The summed E-state index contributed by atoms with van der Waals surface area (Å²) in [6.45, 7) is 0. The van der Waals surface area contributed by atoms with Crippen LogP contribution in [0.15, 0.2) is 39.8 Å². The highest BCUT2D eigenvalue weighted by atomic mass is 32.2. The molecular weight excluding hydrogens is 322 g/mol. The van der Waals surface area contributed by atoms with Crippen molar-refractivity contribution < 1.29 is 27.5 Å². The highest BCUT2D eigenvalue weighted by Gasteiger charge is 2.31. The van der Waals surface area contributed by atoms with Crippen molar-refractivity contribution in [2.45, 2.75) is 24.0 Å². The van der Waals surface area contributed by atoms with Gasteiger partial charge < -0.3 is 14.3 Å². The van der Waals surface area contributed by atoms with E-state index in [1.807, 2.05) is 12.1 Å². The number of benzene rings is 1. The molecule has 1 atom stereocenters. The Labute approximate surface area is 132 Å². The van der Waals surface area contributed by atoms with Crippen molar-refractivity contribution in [3.05, 3.63) is 47.2 Å². The lowest BCUT2D eigenvalue weighted by Crippen LogP contribution is -2.27. The molecule has 1 aliphatic carbocycles. The summed E-state index contributed by atoms with van der Waals surface area (Å²) in [5.74, 6) is -1.00. The van der Waals surface area contributed by atoms with E-state index in [1.54, 1.807) is 13.2 Å². The summed E-state index contributed by atoms with van der Waals surface area (Å²) in [5.41, 5.74) is 1.84. The zero-order chi connectivity index (χ0) is 16.6. The van der Waals surface area contributed by atoms with Gasteiger partial charge in [0.05, 0.1) is 7.11 Å². The number of carboxylic acids is 1. The number of hydrogen-bond donors (Lipinski definition) is 2. The second-order valence-corrected chi connectivity index (χ2v) is 6.81. The summed E-state index contributed by atoms with van der Waals surface area (Å²) in [5, 5.41) is 8.40. The number of carbonyl (C=O) groups is 1. The van der Waals surface area contributed by atoms with E-state index in [-0.39, 0.29) is 0 Å². The van der Waals surface area contributed by atoms with Gasteiger partial charge in [-0.05, 0) is 42.2 Å². The lowest BCUT2D eigenvalue weighted by atomic mass is 10.1. The molecule has 8 heteroatoms. The molecule has 1 aromatic heterocycles. The number of hydrogen-bond acceptors (Lipinski definition) is 5. The second kappa shape index (κ2) is 5.71. The van der Waals surface area contributed by atoms with E-state index in [1.165, 1.54) is 0 Å². The van der Waals surface area contributed by atoms with Crippen molar-refractivity contribution in [2.75, 3.05) is 7.11 Å². The van der Waals surface area contributed by atoms with E-state index in [9.17, 15) is 13.2 Å². The molecule has 1 heterocycles. The number of rotatable bonds is 5. The van der Waals surface area contributed by atoms with Crippen LogP contribution in [-0.2, 0) is 16.4 Å². The lowest BCUT2D eigenvalue weighted by molar-refractivity contribution is 0.0656. The van der Waals surface area contributed by atoms with Gasteiger partial charge in [0.1, 0.15) is 5.75 Å². The predicted octanol–water partition coefficient (Wildman–Crippen LogP) is 1.95. The maximum Gasteiger partial charge on any atom is 0.371 e. The second-order valence-electron chi connectivity index (χ2n) is 5.16. The standard InChI is InChI=1S/C15H15NO6S/c1-21-12-4-2-3-9-10(12)5-6-11(9)16-23(19,20)14-8-7-13(22-14)15(17)18/h2-4,7-8,11,16H,5-6H2,1H3,(H,17,18). The number of aromatic carboxylic acids is 1. The molecule has 0 radical (unpaired) electrons. The molecule has 0 saturated carbocycles. The van der Waals surface area contributed by atoms with Crippen LogP contribution in [0.25, 0.3) is 0 Å². The summed E-state index contributed by atoms with van der Waals surface area (Å²) < 4.78 is 37.4. The maximum absolute atomic E-state index is 12.4. The van der Waals surface area contributed by atoms with Crippen LogP contribution in [-0.4, -0.2) is 26.6 Å². The molecule has 0 aliphatic heterocycles. The Morgan fingerprint density at radius 2 is 2.13 bits per heavy atom. The quantitative estimate of drug-likeness (QED) is 0.864. The van der Waals surface area contributed by atoms with E-state index in [2.05, 4.69) is 4.72 Å². The first kappa shape index (κ1) is 15.6. The van der Waals surface area contributed by atoms with E-state index in [0.29, 0.717) is 12.8 Å². The molecule has 7 nitrogen and oxygen atoms in total. The number of nitrogens with one attached hydrogen (secondary N) is 1. The number of carboxylic acid groups (broad SMARTS) is 1. The van der Waals surface area contributed by atoms with E-state index in [4.69, 9.17) is 14.3 Å². The van der Waals surface area contributed by atoms with Crippen molar-refractivity contribution in [3.63, 3.8) is 0 Å². The average Bonchev–Trinajstić information content (AvgIpc) is 3.14.